The molecule has 1 amide bonds. The second-order valence-electron chi connectivity index (χ2n) is 5.47. The minimum absolute atomic E-state index is 0.0138. The summed E-state index contributed by atoms with van der Waals surface area (Å²) >= 11 is 0. The minimum Gasteiger partial charge on any atom is -0.494 e. The molecule has 0 fully saturated rings. The predicted molar refractivity (Wildman–Crippen MR) is 90.9 cm³/mol. The maximum Gasteiger partial charge on any atom is 0.258 e. The lowest BCUT2D eigenvalue weighted by Crippen LogP contribution is -2.28. The van der Waals surface area contributed by atoms with Crippen molar-refractivity contribution in [2.75, 3.05) is 13.2 Å². The van der Waals surface area contributed by atoms with Gasteiger partial charge in [-0.25, -0.2) is 0 Å². The molecule has 0 atom stereocenters. The lowest BCUT2D eigenvalue weighted by atomic mass is 10.1. The highest BCUT2D eigenvalue weighted by atomic mass is 16.5. The van der Waals surface area contributed by atoms with Gasteiger partial charge in [0.05, 0.1) is 6.61 Å². The zero-order valence-electron chi connectivity index (χ0n) is 13.9. The Bertz CT molecular complexity index is 630. The van der Waals surface area contributed by atoms with E-state index in [0.29, 0.717) is 13.2 Å². The number of carbonyl (C=O) groups is 1. The zero-order valence-corrected chi connectivity index (χ0v) is 13.9. The first-order valence-electron chi connectivity index (χ1n) is 7.76. The van der Waals surface area contributed by atoms with Crippen molar-refractivity contribution >= 4 is 5.91 Å². The Morgan fingerprint density at radius 3 is 2.22 bits per heavy atom. The topological polar surface area (TPSA) is 47.6 Å². The number of ether oxygens (including phenoxy) is 2. The molecule has 0 aliphatic heterocycles. The summed E-state index contributed by atoms with van der Waals surface area (Å²) in [5, 5.41) is 2.85. The number of benzene rings is 2. The van der Waals surface area contributed by atoms with Crippen molar-refractivity contribution in [2.45, 2.75) is 27.3 Å². The van der Waals surface area contributed by atoms with E-state index in [2.05, 4.69) is 11.4 Å². The monoisotopic (exact) mass is 313 g/mol. The van der Waals surface area contributed by atoms with Crippen LogP contribution in [0.3, 0.4) is 0 Å². The summed E-state index contributed by atoms with van der Waals surface area (Å²) in [6.07, 6.45) is 0. The molecule has 0 aromatic heterocycles. The third-order valence-electron chi connectivity index (χ3n) is 3.29. The van der Waals surface area contributed by atoms with Gasteiger partial charge in [-0.1, -0.05) is 18.2 Å². The lowest BCUT2D eigenvalue weighted by molar-refractivity contribution is -0.123. The van der Waals surface area contributed by atoms with E-state index in [4.69, 9.17) is 9.47 Å². The Morgan fingerprint density at radius 1 is 0.957 bits per heavy atom. The molecule has 4 nitrogen and oxygen atoms in total. The van der Waals surface area contributed by atoms with E-state index in [9.17, 15) is 4.79 Å². The number of rotatable bonds is 7. The Hall–Kier alpha value is -2.49. The first-order valence-corrected chi connectivity index (χ1v) is 7.76. The fourth-order valence-electron chi connectivity index (χ4n) is 2.29. The van der Waals surface area contributed by atoms with Gasteiger partial charge in [-0.05, 0) is 61.7 Å². The normalized spacial score (nSPS) is 10.2. The molecule has 0 unspecified atom stereocenters. The average Bonchev–Trinajstić information content (AvgIpc) is 2.52. The first-order chi connectivity index (χ1) is 11.1. The molecule has 0 bridgehead atoms. The largest absolute Gasteiger partial charge is 0.494 e. The van der Waals surface area contributed by atoms with Gasteiger partial charge in [0, 0.05) is 6.54 Å². The number of hydrogen-bond acceptors (Lipinski definition) is 3. The van der Waals surface area contributed by atoms with Crippen molar-refractivity contribution in [3.05, 3.63) is 59.2 Å². The molecule has 2 aromatic rings. The van der Waals surface area contributed by atoms with Gasteiger partial charge in [0.15, 0.2) is 6.61 Å². The Morgan fingerprint density at radius 2 is 1.61 bits per heavy atom. The number of aryl methyl sites for hydroxylation is 2. The highest BCUT2D eigenvalue weighted by molar-refractivity contribution is 5.77. The zero-order chi connectivity index (χ0) is 16.7. The van der Waals surface area contributed by atoms with Crippen molar-refractivity contribution in [1.29, 1.82) is 0 Å². The Labute approximate surface area is 137 Å². The molecule has 122 valence electrons. The van der Waals surface area contributed by atoms with Crippen molar-refractivity contribution in [2.24, 2.45) is 0 Å². The van der Waals surface area contributed by atoms with Gasteiger partial charge in [-0.15, -0.1) is 0 Å². The number of carbonyl (C=O) groups excluding carboxylic acids is 1. The van der Waals surface area contributed by atoms with E-state index < -0.39 is 0 Å². The van der Waals surface area contributed by atoms with E-state index in [1.165, 1.54) is 0 Å². The van der Waals surface area contributed by atoms with Crippen LogP contribution >= 0.6 is 0 Å². The third kappa shape index (κ3) is 5.66. The lowest BCUT2D eigenvalue weighted by Gasteiger charge is -2.09. The second-order valence-corrected chi connectivity index (χ2v) is 5.47. The van der Waals surface area contributed by atoms with Gasteiger partial charge < -0.3 is 14.8 Å². The summed E-state index contributed by atoms with van der Waals surface area (Å²) in [4.78, 5) is 11.9. The molecule has 0 radical (unpaired) electrons. The van der Waals surface area contributed by atoms with Crippen LogP contribution in [0.2, 0.25) is 0 Å². The molecule has 0 heterocycles. The van der Waals surface area contributed by atoms with Gasteiger partial charge >= 0.3 is 0 Å². The van der Waals surface area contributed by atoms with Crippen LogP contribution in [0.4, 0.5) is 0 Å². The number of hydrogen-bond donors (Lipinski definition) is 1. The second kappa shape index (κ2) is 8.22. The molecule has 0 saturated carbocycles. The summed E-state index contributed by atoms with van der Waals surface area (Å²) in [6, 6.07) is 13.6. The van der Waals surface area contributed by atoms with Crippen molar-refractivity contribution in [3.63, 3.8) is 0 Å². The number of nitrogens with one attached hydrogen (secondary N) is 1. The van der Waals surface area contributed by atoms with E-state index in [0.717, 1.165) is 28.2 Å². The summed E-state index contributed by atoms with van der Waals surface area (Å²) in [7, 11) is 0. The maximum atomic E-state index is 11.9. The third-order valence-corrected chi connectivity index (χ3v) is 3.29. The van der Waals surface area contributed by atoms with E-state index >= 15 is 0 Å². The molecule has 0 saturated heterocycles. The van der Waals surface area contributed by atoms with Gasteiger partial charge in [0.2, 0.25) is 0 Å². The molecule has 4 heteroatoms. The van der Waals surface area contributed by atoms with Crippen molar-refractivity contribution in [1.82, 2.24) is 5.32 Å². The molecule has 0 aliphatic rings. The predicted octanol–water partition coefficient (Wildman–Crippen LogP) is 3.40. The molecule has 23 heavy (non-hydrogen) atoms. The van der Waals surface area contributed by atoms with E-state index in [1.54, 1.807) is 0 Å². The number of amides is 1. The molecule has 1 N–H and O–H groups in total. The Kier molecular flexibility index (Phi) is 6.03. The van der Waals surface area contributed by atoms with Gasteiger partial charge in [-0.3, -0.25) is 4.79 Å². The van der Waals surface area contributed by atoms with E-state index in [-0.39, 0.29) is 12.5 Å². The van der Waals surface area contributed by atoms with Crippen molar-refractivity contribution in [3.8, 4) is 11.5 Å². The minimum atomic E-state index is -0.141. The Balaban J connectivity index is 1.78. The van der Waals surface area contributed by atoms with Crippen LogP contribution in [0, 0.1) is 13.8 Å². The van der Waals surface area contributed by atoms with Gasteiger partial charge in [-0.2, -0.15) is 0 Å². The van der Waals surface area contributed by atoms with Crippen LogP contribution in [0.25, 0.3) is 0 Å². The summed E-state index contributed by atoms with van der Waals surface area (Å²) in [6.45, 7) is 7.09. The summed E-state index contributed by atoms with van der Waals surface area (Å²) in [5.41, 5.74) is 3.26. The quantitative estimate of drug-likeness (QED) is 0.852. The molecule has 2 aromatic carbocycles. The SMILES string of the molecule is CCOc1ccc(CNC(=O)COc2cc(C)cc(C)c2)cc1. The van der Waals surface area contributed by atoms with Crippen LogP contribution in [-0.2, 0) is 11.3 Å². The first kappa shape index (κ1) is 16.9. The van der Waals surface area contributed by atoms with Gasteiger partial charge in [0.25, 0.3) is 5.91 Å². The van der Waals surface area contributed by atoms with Gasteiger partial charge in [0.1, 0.15) is 11.5 Å². The summed E-state index contributed by atoms with van der Waals surface area (Å²) in [5.74, 6) is 1.41. The average molecular weight is 313 g/mol. The molecule has 0 aliphatic carbocycles. The smallest absolute Gasteiger partial charge is 0.258 e. The summed E-state index contributed by atoms with van der Waals surface area (Å²) < 4.78 is 10.9. The molecular formula is C19H23NO3. The van der Waals surface area contributed by atoms with Crippen LogP contribution in [0.15, 0.2) is 42.5 Å². The molecule has 2 rings (SSSR count). The van der Waals surface area contributed by atoms with Crippen LogP contribution in [-0.4, -0.2) is 19.1 Å². The van der Waals surface area contributed by atoms with Crippen LogP contribution < -0.4 is 14.8 Å². The molecular weight excluding hydrogens is 290 g/mol. The fourth-order valence-corrected chi connectivity index (χ4v) is 2.29. The van der Waals surface area contributed by atoms with Crippen molar-refractivity contribution < 1.29 is 14.3 Å². The van der Waals surface area contributed by atoms with Crippen LogP contribution in [0.5, 0.6) is 11.5 Å². The molecule has 0 spiro atoms. The maximum absolute atomic E-state index is 11.9. The standard InChI is InChI=1S/C19H23NO3/c1-4-22-17-7-5-16(6-8-17)12-20-19(21)13-23-18-10-14(2)9-15(3)11-18/h5-11H,4,12-13H2,1-3H3,(H,20,21). The van der Waals surface area contributed by atoms with Crippen LogP contribution in [0.1, 0.15) is 23.6 Å². The fraction of sp³-hybridized carbons (Fsp3) is 0.316. The highest BCUT2D eigenvalue weighted by Crippen LogP contribution is 2.16. The van der Waals surface area contributed by atoms with E-state index in [1.807, 2.05) is 57.2 Å². The highest BCUT2D eigenvalue weighted by Gasteiger charge is 2.04.